The average Bonchev–Trinajstić information content (AvgIpc) is 2.67. The zero-order chi connectivity index (χ0) is 15.6. The van der Waals surface area contributed by atoms with Gasteiger partial charge < -0.3 is 15.7 Å². The summed E-state index contributed by atoms with van der Waals surface area (Å²) in [5.41, 5.74) is 2.62. The van der Waals surface area contributed by atoms with Crippen molar-refractivity contribution in [1.29, 1.82) is 0 Å². The lowest BCUT2D eigenvalue weighted by molar-refractivity contribution is -0.119. The molecule has 1 aromatic rings. The van der Waals surface area contributed by atoms with E-state index in [9.17, 15) is 9.90 Å². The van der Waals surface area contributed by atoms with Gasteiger partial charge in [0.15, 0.2) is 0 Å². The maximum Gasteiger partial charge on any atom is 0.234 e. The Morgan fingerprint density at radius 1 is 1.38 bits per heavy atom. The summed E-state index contributed by atoms with van der Waals surface area (Å²) in [6.45, 7) is 8.63. The monoisotopic (exact) mass is 290 g/mol. The first-order valence-corrected chi connectivity index (χ1v) is 7.73. The first-order valence-electron chi connectivity index (χ1n) is 7.73. The number of amides is 1. The van der Waals surface area contributed by atoms with E-state index in [0.29, 0.717) is 6.54 Å². The van der Waals surface area contributed by atoms with Crippen LogP contribution in [-0.4, -0.2) is 23.7 Å². The Kier molecular flexibility index (Phi) is 4.69. The Bertz CT molecular complexity index is 526. The van der Waals surface area contributed by atoms with Crippen molar-refractivity contribution in [1.82, 2.24) is 5.32 Å². The fraction of sp³-hybridized carbons (Fsp3) is 0.588. The summed E-state index contributed by atoms with van der Waals surface area (Å²) < 4.78 is 0. The van der Waals surface area contributed by atoms with E-state index in [4.69, 9.17) is 0 Å². The van der Waals surface area contributed by atoms with Crippen molar-refractivity contribution in [3.8, 4) is 0 Å². The van der Waals surface area contributed by atoms with Gasteiger partial charge >= 0.3 is 0 Å². The third kappa shape index (κ3) is 3.27. The Hall–Kier alpha value is -1.39. The van der Waals surface area contributed by atoms with Gasteiger partial charge in [-0.15, -0.1) is 0 Å². The molecule has 1 heterocycles. The van der Waals surface area contributed by atoms with Gasteiger partial charge in [0.2, 0.25) is 5.91 Å². The maximum atomic E-state index is 12.0. The van der Waals surface area contributed by atoms with Gasteiger partial charge in [0.1, 0.15) is 0 Å². The molecule has 0 aliphatic carbocycles. The van der Waals surface area contributed by atoms with Crippen LogP contribution in [0.4, 0.5) is 5.69 Å². The van der Waals surface area contributed by atoms with Crippen LogP contribution in [-0.2, 0) is 10.2 Å². The van der Waals surface area contributed by atoms with Crippen molar-refractivity contribution in [2.75, 3.05) is 11.9 Å². The second kappa shape index (κ2) is 6.16. The smallest absolute Gasteiger partial charge is 0.234 e. The standard InChI is InChI=1S/C17H26N2O2/c1-5-6-13(20)10-18-11(2)12-7-8-15-14(9-12)17(3,4)16(21)19-15/h7-9,11,13,18,20H,5-6,10H2,1-4H3,(H,19,21). The van der Waals surface area contributed by atoms with E-state index in [1.54, 1.807) is 0 Å². The molecule has 0 aromatic heterocycles. The average molecular weight is 290 g/mol. The SMILES string of the molecule is CCCC(O)CNC(C)c1ccc2c(c1)C(C)(C)C(=O)N2. The summed E-state index contributed by atoms with van der Waals surface area (Å²) in [5, 5.41) is 16.1. The predicted molar refractivity (Wildman–Crippen MR) is 85.4 cm³/mol. The summed E-state index contributed by atoms with van der Waals surface area (Å²) in [7, 11) is 0. The maximum absolute atomic E-state index is 12.0. The van der Waals surface area contributed by atoms with E-state index in [2.05, 4.69) is 30.5 Å². The van der Waals surface area contributed by atoms with Gasteiger partial charge in [-0.05, 0) is 44.4 Å². The molecule has 1 aromatic carbocycles. The Labute approximate surface area is 126 Å². The van der Waals surface area contributed by atoms with E-state index < -0.39 is 5.41 Å². The third-order valence-corrected chi connectivity index (χ3v) is 4.31. The fourth-order valence-electron chi connectivity index (χ4n) is 2.72. The number of benzene rings is 1. The van der Waals surface area contributed by atoms with Crippen LogP contribution < -0.4 is 10.6 Å². The van der Waals surface area contributed by atoms with E-state index in [1.807, 2.05) is 26.0 Å². The van der Waals surface area contributed by atoms with E-state index in [-0.39, 0.29) is 18.1 Å². The minimum absolute atomic E-state index is 0.0497. The molecule has 0 saturated heterocycles. The largest absolute Gasteiger partial charge is 0.392 e. The quantitative estimate of drug-likeness (QED) is 0.755. The molecule has 21 heavy (non-hydrogen) atoms. The molecular weight excluding hydrogens is 264 g/mol. The summed E-state index contributed by atoms with van der Waals surface area (Å²) in [4.78, 5) is 12.0. The number of anilines is 1. The lowest BCUT2D eigenvalue weighted by Gasteiger charge is -2.20. The van der Waals surface area contributed by atoms with Crippen molar-refractivity contribution < 1.29 is 9.90 Å². The summed E-state index contributed by atoms with van der Waals surface area (Å²) >= 11 is 0. The van der Waals surface area contributed by atoms with Crippen LogP contribution in [0.3, 0.4) is 0 Å². The van der Waals surface area contributed by atoms with E-state index >= 15 is 0 Å². The lowest BCUT2D eigenvalue weighted by Crippen LogP contribution is -2.29. The van der Waals surface area contributed by atoms with Crippen LogP contribution in [0.15, 0.2) is 18.2 Å². The van der Waals surface area contributed by atoms with Gasteiger partial charge in [-0.25, -0.2) is 0 Å². The van der Waals surface area contributed by atoms with Crippen molar-refractivity contribution in [2.45, 2.75) is 58.1 Å². The van der Waals surface area contributed by atoms with Crippen molar-refractivity contribution >= 4 is 11.6 Å². The third-order valence-electron chi connectivity index (χ3n) is 4.31. The zero-order valence-electron chi connectivity index (χ0n) is 13.4. The molecule has 116 valence electrons. The molecule has 1 amide bonds. The first kappa shape index (κ1) is 16.0. The molecule has 1 aliphatic heterocycles. The van der Waals surface area contributed by atoms with Crippen LogP contribution in [0.1, 0.15) is 57.7 Å². The van der Waals surface area contributed by atoms with Gasteiger partial charge in [-0.1, -0.05) is 25.5 Å². The highest BCUT2D eigenvalue weighted by Gasteiger charge is 2.38. The van der Waals surface area contributed by atoms with Crippen molar-refractivity contribution in [3.63, 3.8) is 0 Å². The van der Waals surface area contributed by atoms with Crippen LogP contribution in [0.25, 0.3) is 0 Å². The number of hydrogen-bond donors (Lipinski definition) is 3. The summed E-state index contributed by atoms with van der Waals surface area (Å²) in [6.07, 6.45) is 1.50. The molecule has 2 rings (SSSR count). The predicted octanol–water partition coefficient (Wildman–Crippen LogP) is 2.73. The van der Waals surface area contributed by atoms with Gasteiger partial charge in [0.05, 0.1) is 11.5 Å². The van der Waals surface area contributed by atoms with Gasteiger partial charge in [-0.2, -0.15) is 0 Å². The van der Waals surface area contributed by atoms with Gasteiger partial charge in [-0.3, -0.25) is 4.79 Å². The molecular formula is C17H26N2O2. The molecule has 0 bridgehead atoms. The first-order chi connectivity index (χ1) is 9.86. The van der Waals surface area contributed by atoms with Gasteiger partial charge in [0.25, 0.3) is 0 Å². The Balaban J connectivity index is 2.09. The molecule has 4 heteroatoms. The molecule has 2 atom stereocenters. The fourth-order valence-corrected chi connectivity index (χ4v) is 2.72. The second-order valence-corrected chi connectivity index (χ2v) is 6.46. The highest BCUT2D eigenvalue weighted by Crippen LogP contribution is 2.38. The number of aliphatic hydroxyl groups is 1. The number of rotatable bonds is 6. The van der Waals surface area contributed by atoms with Crippen LogP contribution in [0.5, 0.6) is 0 Å². The van der Waals surface area contributed by atoms with Gasteiger partial charge in [0, 0.05) is 18.3 Å². The normalized spacial score (nSPS) is 19.0. The number of fused-ring (bicyclic) bond motifs is 1. The Morgan fingerprint density at radius 2 is 2.10 bits per heavy atom. The number of aliphatic hydroxyl groups excluding tert-OH is 1. The van der Waals surface area contributed by atoms with E-state index in [0.717, 1.165) is 29.7 Å². The highest BCUT2D eigenvalue weighted by atomic mass is 16.3. The number of carbonyl (C=O) groups is 1. The second-order valence-electron chi connectivity index (χ2n) is 6.46. The lowest BCUT2D eigenvalue weighted by atomic mass is 9.85. The minimum Gasteiger partial charge on any atom is -0.392 e. The Morgan fingerprint density at radius 3 is 2.76 bits per heavy atom. The molecule has 0 radical (unpaired) electrons. The van der Waals surface area contributed by atoms with Crippen LogP contribution in [0.2, 0.25) is 0 Å². The van der Waals surface area contributed by atoms with Crippen molar-refractivity contribution in [3.05, 3.63) is 29.3 Å². The topological polar surface area (TPSA) is 61.4 Å². The van der Waals surface area contributed by atoms with Crippen LogP contribution >= 0.6 is 0 Å². The minimum atomic E-state index is -0.479. The zero-order valence-corrected chi connectivity index (χ0v) is 13.4. The molecule has 4 nitrogen and oxygen atoms in total. The summed E-state index contributed by atoms with van der Waals surface area (Å²) in [5.74, 6) is 0.0497. The molecule has 3 N–H and O–H groups in total. The van der Waals surface area contributed by atoms with E-state index in [1.165, 1.54) is 0 Å². The van der Waals surface area contributed by atoms with Crippen LogP contribution in [0, 0.1) is 0 Å². The summed E-state index contributed by atoms with van der Waals surface area (Å²) in [6, 6.07) is 6.24. The number of hydrogen-bond acceptors (Lipinski definition) is 3. The molecule has 0 saturated carbocycles. The number of carbonyl (C=O) groups excluding carboxylic acids is 1. The van der Waals surface area contributed by atoms with Crippen molar-refractivity contribution in [2.24, 2.45) is 0 Å². The number of nitrogens with one attached hydrogen (secondary N) is 2. The molecule has 0 spiro atoms. The molecule has 2 unspecified atom stereocenters. The molecule has 0 fully saturated rings. The molecule has 1 aliphatic rings. The highest BCUT2D eigenvalue weighted by molar-refractivity contribution is 6.05.